The van der Waals surface area contributed by atoms with Crippen molar-refractivity contribution in [2.45, 2.75) is 12.8 Å². The standard InChI is InChI=1S/C12H17N3O3/c1-14-7-9(11(17)15(2)12(14)18)10(16)8-3-5-13-6-4-8/h7-8,13H,3-6H2,1-2H3. The van der Waals surface area contributed by atoms with Gasteiger partial charge in [-0.3, -0.25) is 14.2 Å². The van der Waals surface area contributed by atoms with E-state index in [1.807, 2.05) is 0 Å². The number of carbonyl (C=O) groups excluding carboxylic acids is 1. The first kappa shape index (κ1) is 12.8. The van der Waals surface area contributed by atoms with E-state index in [0.717, 1.165) is 30.5 Å². The van der Waals surface area contributed by atoms with Gasteiger partial charge in [-0.05, 0) is 25.9 Å². The average Bonchev–Trinajstić information content (AvgIpc) is 2.41. The maximum atomic E-state index is 12.3. The molecule has 0 aromatic carbocycles. The number of Topliss-reactive ketones (excluding diaryl/α,β-unsaturated/α-hetero) is 1. The Hall–Kier alpha value is -1.69. The number of aryl methyl sites for hydroxylation is 1. The van der Waals surface area contributed by atoms with Crippen LogP contribution in [0.2, 0.25) is 0 Å². The van der Waals surface area contributed by atoms with E-state index < -0.39 is 11.2 Å². The van der Waals surface area contributed by atoms with Gasteiger partial charge < -0.3 is 9.88 Å². The van der Waals surface area contributed by atoms with Crippen LogP contribution in [0.1, 0.15) is 23.2 Å². The Balaban J connectivity index is 2.42. The van der Waals surface area contributed by atoms with Gasteiger partial charge in [0.1, 0.15) is 0 Å². The van der Waals surface area contributed by atoms with Crippen LogP contribution in [-0.2, 0) is 14.1 Å². The van der Waals surface area contributed by atoms with Crippen LogP contribution in [0.25, 0.3) is 0 Å². The number of nitrogens with one attached hydrogen (secondary N) is 1. The van der Waals surface area contributed by atoms with Crippen molar-refractivity contribution in [1.82, 2.24) is 14.5 Å². The smallest absolute Gasteiger partial charge is 0.317 e. The fourth-order valence-electron chi connectivity index (χ4n) is 2.28. The lowest BCUT2D eigenvalue weighted by Gasteiger charge is -2.21. The van der Waals surface area contributed by atoms with Crippen LogP contribution < -0.4 is 16.6 Å². The second kappa shape index (κ2) is 4.89. The fraction of sp³-hybridized carbons (Fsp3) is 0.583. The molecule has 0 unspecified atom stereocenters. The van der Waals surface area contributed by atoms with Crippen molar-refractivity contribution in [2.75, 3.05) is 13.1 Å². The number of hydrogen-bond donors (Lipinski definition) is 1. The zero-order valence-electron chi connectivity index (χ0n) is 10.6. The zero-order valence-corrected chi connectivity index (χ0v) is 10.6. The molecule has 1 aromatic rings. The third-order valence-corrected chi connectivity index (χ3v) is 3.42. The van der Waals surface area contributed by atoms with E-state index in [4.69, 9.17) is 0 Å². The lowest BCUT2D eigenvalue weighted by atomic mass is 9.90. The van der Waals surface area contributed by atoms with Crippen LogP contribution >= 0.6 is 0 Å². The molecule has 0 radical (unpaired) electrons. The minimum atomic E-state index is -0.498. The van der Waals surface area contributed by atoms with Crippen molar-refractivity contribution < 1.29 is 4.79 Å². The molecule has 0 spiro atoms. The van der Waals surface area contributed by atoms with E-state index >= 15 is 0 Å². The molecule has 1 aromatic heterocycles. The van der Waals surface area contributed by atoms with Gasteiger partial charge in [0, 0.05) is 26.2 Å². The molecule has 1 N–H and O–H groups in total. The highest BCUT2D eigenvalue weighted by Crippen LogP contribution is 2.15. The molecule has 2 heterocycles. The summed E-state index contributed by atoms with van der Waals surface area (Å²) >= 11 is 0. The van der Waals surface area contributed by atoms with Crippen LogP contribution in [0.15, 0.2) is 15.8 Å². The highest BCUT2D eigenvalue weighted by Gasteiger charge is 2.25. The molecular weight excluding hydrogens is 234 g/mol. The SMILES string of the molecule is Cn1cc(C(=O)C2CCNCC2)c(=O)n(C)c1=O. The summed E-state index contributed by atoms with van der Waals surface area (Å²) in [5.41, 5.74) is -0.796. The number of piperidine rings is 1. The first-order chi connectivity index (χ1) is 8.52. The Kier molecular flexibility index (Phi) is 3.47. The van der Waals surface area contributed by atoms with E-state index in [9.17, 15) is 14.4 Å². The van der Waals surface area contributed by atoms with E-state index in [0.29, 0.717) is 0 Å². The first-order valence-electron chi connectivity index (χ1n) is 6.04. The highest BCUT2D eigenvalue weighted by molar-refractivity contribution is 5.97. The van der Waals surface area contributed by atoms with Gasteiger partial charge in [-0.15, -0.1) is 0 Å². The van der Waals surface area contributed by atoms with Crippen molar-refractivity contribution in [3.05, 3.63) is 32.6 Å². The van der Waals surface area contributed by atoms with Crippen LogP contribution in [-0.4, -0.2) is 28.0 Å². The van der Waals surface area contributed by atoms with Crippen molar-refractivity contribution in [1.29, 1.82) is 0 Å². The van der Waals surface area contributed by atoms with Crippen LogP contribution in [0, 0.1) is 5.92 Å². The van der Waals surface area contributed by atoms with Crippen molar-refractivity contribution in [2.24, 2.45) is 20.0 Å². The molecule has 0 aliphatic carbocycles. The van der Waals surface area contributed by atoms with Crippen molar-refractivity contribution in [3.63, 3.8) is 0 Å². The van der Waals surface area contributed by atoms with E-state index in [2.05, 4.69) is 5.32 Å². The van der Waals surface area contributed by atoms with Crippen LogP contribution in [0.4, 0.5) is 0 Å². The van der Waals surface area contributed by atoms with E-state index in [1.165, 1.54) is 17.8 Å². The second-order valence-corrected chi connectivity index (χ2v) is 4.69. The van der Waals surface area contributed by atoms with Crippen molar-refractivity contribution in [3.8, 4) is 0 Å². The summed E-state index contributed by atoms with van der Waals surface area (Å²) in [7, 11) is 2.94. The van der Waals surface area contributed by atoms with E-state index in [-0.39, 0.29) is 17.3 Å². The molecule has 0 amide bonds. The third-order valence-electron chi connectivity index (χ3n) is 3.42. The number of ketones is 1. The Labute approximate surface area is 104 Å². The molecule has 1 saturated heterocycles. The average molecular weight is 251 g/mol. The quantitative estimate of drug-likeness (QED) is 0.703. The van der Waals surface area contributed by atoms with Gasteiger partial charge >= 0.3 is 5.69 Å². The minimum Gasteiger partial charge on any atom is -0.317 e. The molecule has 18 heavy (non-hydrogen) atoms. The Bertz CT molecular complexity index is 579. The highest BCUT2D eigenvalue weighted by atomic mass is 16.2. The van der Waals surface area contributed by atoms with Gasteiger partial charge in [-0.1, -0.05) is 0 Å². The van der Waals surface area contributed by atoms with Crippen molar-refractivity contribution >= 4 is 5.78 Å². The van der Waals surface area contributed by atoms with E-state index in [1.54, 1.807) is 7.05 Å². The number of rotatable bonds is 2. The predicted octanol–water partition coefficient (Wildman–Crippen LogP) is -0.734. The van der Waals surface area contributed by atoms with Gasteiger partial charge in [0.05, 0.1) is 5.56 Å². The summed E-state index contributed by atoms with van der Waals surface area (Å²) in [6.07, 6.45) is 2.84. The number of carbonyl (C=O) groups is 1. The molecule has 0 atom stereocenters. The minimum absolute atomic E-state index is 0.114. The molecule has 0 saturated carbocycles. The summed E-state index contributed by atoms with van der Waals surface area (Å²) in [5, 5.41) is 3.18. The third kappa shape index (κ3) is 2.15. The summed E-state index contributed by atoms with van der Waals surface area (Å²) < 4.78 is 2.25. The van der Waals surface area contributed by atoms with Gasteiger partial charge in [-0.2, -0.15) is 0 Å². The maximum Gasteiger partial charge on any atom is 0.330 e. The molecule has 1 fully saturated rings. The first-order valence-corrected chi connectivity index (χ1v) is 6.04. The second-order valence-electron chi connectivity index (χ2n) is 4.69. The predicted molar refractivity (Wildman–Crippen MR) is 66.8 cm³/mol. The molecule has 98 valence electrons. The lowest BCUT2D eigenvalue weighted by Crippen LogP contribution is -2.41. The fourth-order valence-corrected chi connectivity index (χ4v) is 2.28. The normalized spacial score (nSPS) is 16.8. The Morgan fingerprint density at radius 1 is 1.28 bits per heavy atom. The number of nitrogens with zero attached hydrogens (tertiary/aromatic N) is 2. The molecule has 6 heteroatoms. The summed E-state index contributed by atoms with van der Waals surface area (Å²) in [6, 6.07) is 0. The monoisotopic (exact) mass is 251 g/mol. The molecule has 6 nitrogen and oxygen atoms in total. The summed E-state index contributed by atoms with van der Waals surface area (Å²) in [6.45, 7) is 1.59. The van der Waals surface area contributed by atoms with Crippen LogP contribution in [0.3, 0.4) is 0 Å². The molecule has 2 rings (SSSR count). The lowest BCUT2D eigenvalue weighted by molar-refractivity contribution is 0.0892. The summed E-state index contributed by atoms with van der Waals surface area (Å²) in [5.74, 6) is -0.260. The zero-order chi connectivity index (χ0) is 13.3. The van der Waals surface area contributed by atoms with Gasteiger partial charge in [0.25, 0.3) is 5.56 Å². The molecule has 1 aliphatic rings. The number of aromatic nitrogens is 2. The van der Waals surface area contributed by atoms with Gasteiger partial charge in [0.15, 0.2) is 5.78 Å². The Morgan fingerprint density at radius 2 is 1.89 bits per heavy atom. The van der Waals surface area contributed by atoms with Crippen LogP contribution in [0.5, 0.6) is 0 Å². The molecule has 0 bridgehead atoms. The van der Waals surface area contributed by atoms with Gasteiger partial charge in [0.2, 0.25) is 0 Å². The molecule has 1 aliphatic heterocycles. The number of hydrogen-bond acceptors (Lipinski definition) is 4. The topological polar surface area (TPSA) is 73.1 Å². The molecular formula is C12H17N3O3. The Morgan fingerprint density at radius 3 is 2.50 bits per heavy atom. The largest absolute Gasteiger partial charge is 0.330 e. The maximum absolute atomic E-state index is 12.3. The summed E-state index contributed by atoms with van der Waals surface area (Å²) in [4.78, 5) is 35.8. The van der Waals surface area contributed by atoms with Gasteiger partial charge in [-0.25, -0.2) is 4.79 Å².